The number of hydrogen-bond donors (Lipinski definition) is 0. The molecule has 0 spiro atoms. The average molecular weight is 204 g/mol. The molecular weight excluding hydrogens is 204 g/mol. The van der Waals surface area contributed by atoms with Gasteiger partial charge in [0.25, 0.3) is 0 Å². The van der Waals surface area contributed by atoms with Crippen LogP contribution in [0.15, 0.2) is 0 Å². The Bertz CT molecular complexity index is 3.25. The van der Waals surface area contributed by atoms with E-state index in [2.05, 4.69) is 0 Å². The quantitative estimate of drug-likeness (QED) is 0.368. The fourth-order valence-corrected chi connectivity index (χ4v) is 0. The van der Waals surface area contributed by atoms with Crippen LogP contribution in [0.25, 0.3) is 0 Å². The predicted octanol–water partition coefficient (Wildman–Crippen LogP) is -8.99. The Morgan fingerprint density at radius 2 is 0.500 bits per heavy atom. The Morgan fingerprint density at radius 1 is 0.500 bits per heavy atom. The van der Waals surface area contributed by atoms with Crippen molar-refractivity contribution in [1.82, 2.24) is 0 Å². The van der Waals surface area contributed by atoms with Crippen LogP contribution in [0.3, 0.4) is 0 Å². The predicted molar refractivity (Wildman–Crippen MR) is 0 cm³/mol. The molecule has 0 aliphatic heterocycles. The van der Waals surface area contributed by atoms with Gasteiger partial charge in [-0.25, -0.2) is 0 Å². The first-order chi connectivity index (χ1) is 0. The third-order valence-corrected chi connectivity index (χ3v) is 0. The first kappa shape index (κ1) is 48.8. The summed E-state index contributed by atoms with van der Waals surface area (Å²) < 4.78 is 0. The van der Waals surface area contributed by atoms with Gasteiger partial charge in [0, 0.05) is 20.1 Å². The summed E-state index contributed by atoms with van der Waals surface area (Å²) in [5.41, 5.74) is 0. The van der Waals surface area contributed by atoms with Crippen LogP contribution in [0.4, 0.5) is 0 Å². The molecule has 4 heavy (non-hydrogen) atoms. The van der Waals surface area contributed by atoms with Gasteiger partial charge in [0.15, 0.2) is 0 Å². The van der Waals surface area contributed by atoms with Gasteiger partial charge in [0.05, 0.1) is 0 Å². The molecule has 0 saturated heterocycles. The maximum absolute atomic E-state index is 0. The van der Waals surface area contributed by atoms with E-state index in [1.807, 2.05) is 0 Å². The zero-order valence-corrected chi connectivity index (χ0v) is 5.64. The van der Waals surface area contributed by atoms with E-state index in [0.717, 1.165) is 0 Å². The standard InChI is InChI=1S/3ClH.Tc/h3*1H;/p-3. The first-order valence-electron chi connectivity index (χ1n) is 0. The minimum atomic E-state index is 0. The van der Waals surface area contributed by atoms with E-state index in [9.17, 15) is 0 Å². The third-order valence-electron chi connectivity index (χ3n) is 0. The van der Waals surface area contributed by atoms with Crippen LogP contribution in [-0.2, 0) is 20.1 Å². The van der Waals surface area contributed by atoms with E-state index in [-0.39, 0.29) is 57.3 Å². The van der Waals surface area contributed by atoms with Gasteiger partial charge in [-0.3, -0.25) is 0 Å². The molecule has 0 amide bonds. The van der Waals surface area contributed by atoms with E-state index in [4.69, 9.17) is 0 Å². The third kappa shape index (κ3) is 9.68. The van der Waals surface area contributed by atoms with Crippen LogP contribution < -0.4 is 37.2 Å². The number of halogens is 3. The van der Waals surface area contributed by atoms with Gasteiger partial charge in [-0.2, -0.15) is 0 Å². The zero-order valence-electron chi connectivity index (χ0n) is 1.51. The smallest absolute Gasteiger partial charge is 0 e. The van der Waals surface area contributed by atoms with Gasteiger partial charge >= 0.3 is 0 Å². The first-order valence-corrected chi connectivity index (χ1v) is 0. The zero-order chi connectivity index (χ0) is 0. The number of rotatable bonds is 0. The molecule has 0 N–H and O–H groups in total. The Hall–Kier alpha value is 1.52. The van der Waals surface area contributed by atoms with Crippen LogP contribution >= 0.6 is 0 Å². The molecule has 0 unspecified atom stereocenters. The van der Waals surface area contributed by atoms with Gasteiger partial charge in [-0.05, 0) is 0 Å². The topological polar surface area (TPSA) is 0 Å². The minimum absolute atomic E-state index is 0. The van der Waals surface area contributed by atoms with E-state index in [1.165, 1.54) is 0 Å². The van der Waals surface area contributed by atoms with Crippen molar-refractivity contribution in [2.45, 2.75) is 0 Å². The molecule has 0 saturated carbocycles. The van der Waals surface area contributed by atoms with Crippen LogP contribution in [0.1, 0.15) is 0 Å². The van der Waals surface area contributed by atoms with Crippen molar-refractivity contribution in [3.05, 3.63) is 0 Å². The van der Waals surface area contributed by atoms with Crippen molar-refractivity contribution in [2.24, 2.45) is 0 Å². The molecule has 0 aromatic rings. The van der Waals surface area contributed by atoms with Crippen LogP contribution in [0, 0.1) is 0 Å². The Balaban J connectivity index is 0. The molecule has 0 aliphatic carbocycles. The molecule has 1 radical (unpaired) electrons. The van der Waals surface area contributed by atoms with Crippen molar-refractivity contribution >= 4 is 0 Å². The molecule has 0 fully saturated rings. The van der Waals surface area contributed by atoms with Gasteiger partial charge in [0.2, 0.25) is 0 Å². The summed E-state index contributed by atoms with van der Waals surface area (Å²) >= 11 is 0. The van der Waals surface area contributed by atoms with Crippen LogP contribution in [0.2, 0.25) is 0 Å². The number of hydrogen-bond acceptors (Lipinski definition) is 0. The van der Waals surface area contributed by atoms with Crippen molar-refractivity contribution in [3.8, 4) is 0 Å². The molecule has 31 valence electrons. The van der Waals surface area contributed by atoms with Gasteiger partial charge in [-0.15, -0.1) is 0 Å². The van der Waals surface area contributed by atoms with Crippen molar-refractivity contribution in [1.29, 1.82) is 0 Å². The Morgan fingerprint density at radius 3 is 0.500 bits per heavy atom. The molecule has 0 aliphatic rings. The second-order valence-electron chi connectivity index (χ2n) is 0. The largest absolute Gasteiger partial charge is 1.00 e. The molecule has 0 nitrogen and oxygen atoms in total. The summed E-state index contributed by atoms with van der Waals surface area (Å²) in [6, 6.07) is 0. The molecule has 0 heterocycles. The van der Waals surface area contributed by atoms with E-state index >= 15 is 0 Å². The van der Waals surface area contributed by atoms with Gasteiger partial charge in [0.1, 0.15) is 0 Å². The fraction of sp³-hybridized carbons (Fsp3) is 0. The summed E-state index contributed by atoms with van der Waals surface area (Å²) in [5, 5.41) is 0. The van der Waals surface area contributed by atoms with Crippen molar-refractivity contribution in [3.63, 3.8) is 0 Å². The maximum Gasteiger partial charge on any atom is 0 e. The normalized spacial score (nSPS) is 0. The summed E-state index contributed by atoms with van der Waals surface area (Å²) in [5.74, 6) is 0. The SMILES string of the molecule is [Cl-].[Cl-].[Cl-].[Tc]. The average Bonchev–Trinajstić information content (AvgIpc) is 0. The van der Waals surface area contributed by atoms with Crippen LogP contribution in [-0.4, -0.2) is 0 Å². The monoisotopic (exact) mass is 202 g/mol. The van der Waals surface area contributed by atoms with Crippen LogP contribution in [0.5, 0.6) is 0 Å². The van der Waals surface area contributed by atoms with Crippen molar-refractivity contribution in [2.75, 3.05) is 0 Å². The summed E-state index contributed by atoms with van der Waals surface area (Å²) in [6.45, 7) is 0. The second kappa shape index (κ2) is 24.2. The minimum Gasteiger partial charge on any atom is -1.00 e. The molecule has 0 bridgehead atoms. The summed E-state index contributed by atoms with van der Waals surface area (Å²) in [7, 11) is 0. The Labute approximate surface area is 57.3 Å². The molecule has 0 aromatic heterocycles. The summed E-state index contributed by atoms with van der Waals surface area (Å²) in [6.07, 6.45) is 0. The van der Waals surface area contributed by atoms with E-state index in [1.54, 1.807) is 0 Å². The Kier molecular flexibility index (Phi) is 296. The fourth-order valence-electron chi connectivity index (χ4n) is 0. The maximum atomic E-state index is 0. The van der Waals surface area contributed by atoms with E-state index < -0.39 is 0 Å². The molecule has 0 rings (SSSR count). The molecule has 0 atom stereocenters. The molecular formula is Cl3Tc-3. The van der Waals surface area contributed by atoms with Gasteiger partial charge in [-0.1, -0.05) is 0 Å². The van der Waals surface area contributed by atoms with Gasteiger partial charge < -0.3 is 37.2 Å². The summed E-state index contributed by atoms with van der Waals surface area (Å²) in [4.78, 5) is 0. The molecule has 4 heteroatoms. The second-order valence-corrected chi connectivity index (χ2v) is 0. The van der Waals surface area contributed by atoms with E-state index in [0.29, 0.717) is 0 Å². The van der Waals surface area contributed by atoms with Crippen molar-refractivity contribution < 1.29 is 57.3 Å². The molecule has 0 aromatic carbocycles.